The second kappa shape index (κ2) is 4.46. The summed E-state index contributed by atoms with van der Waals surface area (Å²) in [5.74, 6) is 0.421. The maximum absolute atomic E-state index is 9.23. The summed E-state index contributed by atoms with van der Waals surface area (Å²) in [4.78, 5) is 2.14. The summed E-state index contributed by atoms with van der Waals surface area (Å²) in [5, 5.41) is 12.2. The van der Waals surface area contributed by atoms with Crippen LogP contribution in [0.4, 0.5) is 5.69 Å². The molecular weight excluding hydrogens is 248 g/mol. The van der Waals surface area contributed by atoms with Gasteiger partial charge in [0.05, 0.1) is 0 Å². The van der Waals surface area contributed by atoms with E-state index in [1.165, 1.54) is 11.1 Å². The number of benzene rings is 1. The molecule has 4 heteroatoms. The number of fused-ring (bicyclic) bond motifs is 1. The Morgan fingerprint density at radius 3 is 2.80 bits per heavy atom. The van der Waals surface area contributed by atoms with Gasteiger partial charge in [-0.2, -0.15) is 5.26 Å². The molecule has 0 radical (unpaired) electrons. The Kier molecular flexibility index (Phi) is 2.76. The van der Waals surface area contributed by atoms with E-state index in [9.17, 15) is 5.26 Å². The third-order valence-electron chi connectivity index (χ3n) is 3.85. The van der Waals surface area contributed by atoms with E-state index in [-0.39, 0.29) is 0 Å². The zero-order chi connectivity index (χ0) is 14.3. The van der Waals surface area contributed by atoms with Crippen LogP contribution < -0.4 is 16.0 Å². The highest BCUT2D eigenvalue weighted by Crippen LogP contribution is 2.33. The minimum absolute atomic E-state index is 0.421. The number of nitrogens with two attached hydrogens (primary N) is 1. The fourth-order valence-corrected chi connectivity index (χ4v) is 2.47. The van der Waals surface area contributed by atoms with E-state index in [2.05, 4.69) is 48.3 Å². The first kappa shape index (κ1) is 12.4. The Hall–Kier alpha value is -2.67. The number of anilines is 1. The van der Waals surface area contributed by atoms with E-state index in [1.54, 1.807) is 0 Å². The SMILES string of the molecule is Cc1ccc(N2C=C3C(=CNC(N)=C3C#N)C2)cc1C. The first-order valence-corrected chi connectivity index (χ1v) is 6.52. The molecule has 1 aromatic rings. The fraction of sp³-hybridized carbons (Fsp3) is 0.188. The zero-order valence-corrected chi connectivity index (χ0v) is 11.6. The third kappa shape index (κ3) is 1.84. The van der Waals surface area contributed by atoms with Crippen LogP contribution in [0.5, 0.6) is 0 Å². The number of allylic oxidation sites excluding steroid dienone is 1. The van der Waals surface area contributed by atoms with Crippen molar-refractivity contribution in [2.45, 2.75) is 13.8 Å². The molecule has 2 aliphatic heterocycles. The van der Waals surface area contributed by atoms with Gasteiger partial charge >= 0.3 is 0 Å². The topological polar surface area (TPSA) is 65.1 Å². The molecule has 3 N–H and O–H groups in total. The Morgan fingerprint density at radius 1 is 1.30 bits per heavy atom. The molecule has 0 amide bonds. The molecule has 20 heavy (non-hydrogen) atoms. The van der Waals surface area contributed by atoms with E-state index in [0.717, 1.165) is 23.4 Å². The van der Waals surface area contributed by atoms with Crippen molar-refractivity contribution in [3.63, 3.8) is 0 Å². The van der Waals surface area contributed by atoms with Crippen LogP contribution in [0.25, 0.3) is 0 Å². The molecule has 0 saturated heterocycles. The van der Waals surface area contributed by atoms with Crippen LogP contribution in [-0.4, -0.2) is 6.54 Å². The van der Waals surface area contributed by atoms with Gasteiger partial charge in [-0.3, -0.25) is 0 Å². The minimum atomic E-state index is 0.421. The van der Waals surface area contributed by atoms with E-state index in [4.69, 9.17) is 5.73 Å². The average Bonchev–Trinajstić information content (AvgIpc) is 2.86. The van der Waals surface area contributed by atoms with Gasteiger partial charge in [0.1, 0.15) is 17.5 Å². The van der Waals surface area contributed by atoms with Gasteiger partial charge in [0.25, 0.3) is 0 Å². The number of hydrogen-bond acceptors (Lipinski definition) is 4. The van der Waals surface area contributed by atoms with Crippen molar-refractivity contribution in [2.24, 2.45) is 5.73 Å². The van der Waals surface area contributed by atoms with Crippen LogP contribution in [0.15, 0.2) is 53.1 Å². The number of aryl methyl sites for hydroxylation is 2. The predicted octanol–water partition coefficient (Wildman–Crippen LogP) is 2.19. The molecule has 2 heterocycles. The molecule has 2 aliphatic rings. The van der Waals surface area contributed by atoms with Gasteiger partial charge in [-0.25, -0.2) is 0 Å². The lowest BCUT2D eigenvalue weighted by Gasteiger charge is -2.17. The van der Waals surface area contributed by atoms with Crippen molar-refractivity contribution in [3.05, 3.63) is 64.3 Å². The van der Waals surface area contributed by atoms with E-state index >= 15 is 0 Å². The van der Waals surface area contributed by atoms with Gasteiger partial charge in [0.15, 0.2) is 0 Å². The molecule has 0 spiro atoms. The summed E-state index contributed by atoms with van der Waals surface area (Å²) in [6.45, 7) is 4.96. The summed E-state index contributed by atoms with van der Waals surface area (Å²) in [6, 6.07) is 8.56. The highest BCUT2D eigenvalue weighted by Gasteiger charge is 2.26. The molecular formula is C16H16N4. The largest absolute Gasteiger partial charge is 0.384 e. The summed E-state index contributed by atoms with van der Waals surface area (Å²) < 4.78 is 0. The Labute approximate surface area is 118 Å². The van der Waals surface area contributed by atoms with E-state index in [1.807, 2.05) is 12.4 Å². The van der Waals surface area contributed by atoms with Gasteiger partial charge < -0.3 is 16.0 Å². The van der Waals surface area contributed by atoms with Crippen molar-refractivity contribution >= 4 is 5.69 Å². The predicted molar refractivity (Wildman–Crippen MR) is 79.4 cm³/mol. The average molecular weight is 264 g/mol. The molecule has 0 fully saturated rings. The summed E-state index contributed by atoms with van der Waals surface area (Å²) in [5.41, 5.74) is 12.0. The molecule has 0 bridgehead atoms. The van der Waals surface area contributed by atoms with Crippen LogP contribution in [0, 0.1) is 25.2 Å². The van der Waals surface area contributed by atoms with Gasteiger partial charge in [-0.15, -0.1) is 0 Å². The number of nitrogens with zero attached hydrogens (tertiary/aromatic N) is 2. The van der Waals surface area contributed by atoms with Crippen molar-refractivity contribution in [3.8, 4) is 6.07 Å². The molecule has 3 rings (SSSR count). The molecule has 1 aromatic carbocycles. The van der Waals surface area contributed by atoms with Crippen molar-refractivity contribution in [2.75, 3.05) is 11.4 Å². The molecule has 0 saturated carbocycles. The molecule has 0 aromatic heterocycles. The van der Waals surface area contributed by atoms with E-state index < -0.39 is 0 Å². The van der Waals surface area contributed by atoms with Crippen molar-refractivity contribution in [1.29, 1.82) is 5.26 Å². The second-order valence-corrected chi connectivity index (χ2v) is 5.15. The zero-order valence-electron chi connectivity index (χ0n) is 11.6. The molecule has 4 nitrogen and oxygen atoms in total. The minimum Gasteiger partial charge on any atom is -0.384 e. The second-order valence-electron chi connectivity index (χ2n) is 5.15. The fourth-order valence-electron chi connectivity index (χ4n) is 2.47. The Balaban J connectivity index is 2.00. The summed E-state index contributed by atoms with van der Waals surface area (Å²) in [7, 11) is 0. The third-order valence-corrected chi connectivity index (χ3v) is 3.85. The molecule has 0 aliphatic carbocycles. The highest BCUT2D eigenvalue weighted by atomic mass is 15.1. The van der Waals surface area contributed by atoms with Crippen molar-refractivity contribution in [1.82, 2.24) is 5.32 Å². The van der Waals surface area contributed by atoms with Crippen molar-refractivity contribution < 1.29 is 0 Å². The lowest BCUT2D eigenvalue weighted by molar-refractivity contribution is 0.961. The number of hydrogen-bond donors (Lipinski definition) is 2. The number of nitrogens with one attached hydrogen (secondary N) is 1. The number of rotatable bonds is 1. The Morgan fingerprint density at radius 2 is 2.10 bits per heavy atom. The maximum Gasteiger partial charge on any atom is 0.119 e. The maximum atomic E-state index is 9.23. The van der Waals surface area contributed by atoms with Gasteiger partial charge in [0, 0.05) is 30.2 Å². The first-order valence-electron chi connectivity index (χ1n) is 6.52. The van der Waals surface area contributed by atoms with Crippen LogP contribution in [0.3, 0.4) is 0 Å². The van der Waals surface area contributed by atoms with Gasteiger partial charge in [0.2, 0.25) is 0 Å². The lowest BCUT2D eigenvalue weighted by atomic mass is 10.0. The van der Waals surface area contributed by atoms with E-state index in [0.29, 0.717) is 11.4 Å². The quantitative estimate of drug-likeness (QED) is 0.816. The van der Waals surface area contributed by atoms with Crippen LogP contribution in [0.1, 0.15) is 11.1 Å². The summed E-state index contributed by atoms with van der Waals surface area (Å²) >= 11 is 0. The van der Waals surface area contributed by atoms with Crippen LogP contribution >= 0.6 is 0 Å². The lowest BCUT2D eigenvalue weighted by Crippen LogP contribution is -2.22. The monoisotopic (exact) mass is 264 g/mol. The van der Waals surface area contributed by atoms with Crippen LogP contribution in [-0.2, 0) is 0 Å². The Bertz CT molecular complexity index is 716. The summed E-state index contributed by atoms with van der Waals surface area (Å²) in [6.07, 6.45) is 3.88. The molecule has 100 valence electrons. The molecule has 0 atom stereocenters. The normalized spacial score (nSPS) is 17.1. The van der Waals surface area contributed by atoms with Gasteiger partial charge in [-0.05, 0) is 42.7 Å². The van der Waals surface area contributed by atoms with Gasteiger partial charge in [-0.1, -0.05) is 6.07 Å². The number of dihydropyridines is 1. The smallest absolute Gasteiger partial charge is 0.119 e. The van der Waals surface area contributed by atoms with Crippen LogP contribution in [0.2, 0.25) is 0 Å². The highest BCUT2D eigenvalue weighted by molar-refractivity contribution is 5.67. The standard InChI is InChI=1S/C16H16N4/c1-10-3-4-13(5-11(10)2)20-8-12-7-19-16(18)14(6-17)15(12)9-20/h3-5,7,9,19H,8,18H2,1-2H3. The molecule has 0 unspecified atom stereocenters. The number of nitriles is 1. The first-order chi connectivity index (χ1) is 9.60.